The van der Waals surface area contributed by atoms with Crippen LogP contribution >= 0.6 is 0 Å². The summed E-state index contributed by atoms with van der Waals surface area (Å²) < 4.78 is 10.3. The second-order valence-corrected chi connectivity index (χ2v) is 5.60. The quantitative estimate of drug-likeness (QED) is 0.771. The fraction of sp³-hybridized carbons (Fsp3) is 0.500. The van der Waals surface area contributed by atoms with Crippen molar-refractivity contribution in [1.82, 2.24) is 5.32 Å². The highest BCUT2D eigenvalue weighted by Crippen LogP contribution is 2.17. The average molecular weight is 309 g/mol. The van der Waals surface area contributed by atoms with E-state index in [1.54, 1.807) is 7.11 Å². The second kappa shape index (κ2) is 8.38. The molecule has 6 heteroatoms. The molecule has 22 heavy (non-hydrogen) atoms. The van der Waals surface area contributed by atoms with Gasteiger partial charge in [-0.15, -0.1) is 0 Å². The number of benzene rings is 1. The molecule has 0 fully saturated rings. The van der Waals surface area contributed by atoms with E-state index in [0.717, 1.165) is 5.56 Å². The summed E-state index contributed by atoms with van der Waals surface area (Å²) >= 11 is 0. The third-order valence-corrected chi connectivity index (χ3v) is 3.39. The van der Waals surface area contributed by atoms with E-state index in [4.69, 9.17) is 14.6 Å². The summed E-state index contributed by atoms with van der Waals surface area (Å²) in [5, 5.41) is 11.5. The van der Waals surface area contributed by atoms with Gasteiger partial charge in [-0.25, -0.2) is 9.59 Å². The number of amides is 1. The summed E-state index contributed by atoms with van der Waals surface area (Å²) in [6.45, 7) is 3.82. The molecule has 0 radical (unpaired) electrons. The minimum absolute atomic E-state index is 0.0998. The molecule has 1 atom stereocenters. The highest BCUT2D eigenvalue weighted by molar-refractivity contribution is 5.79. The van der Waals surface area contributed by atoms with Gasteiger partial charge in [0.15, 0.2) is 0 Å². The van der Waals surface area contributed by atoms with Crippen LogP contribution in [0.5, 0.6) is 0 Å². The summed E-state index contributed by atoms with van der Waals surface area (Å²) in [7, 11) is 1.57. The first-order chi connectivity index (χ1) is 10.3. The van der Waals surface area contributed by atoms with Crippen LogP contribution in [0.1, 0.15) is 32.3 Å². The topological polar surface area (TPSA) is 84.9 Å². The number of carbonyl (C=O) groups is 2. The molecule has 0 saturated heterocycles. The molecule has 1 unspecified atom stereocenters. The van der Waals surface area contributed by atoms with Gasteiger partial charge in [0.05, 0.1) is 5.60 Å². The Morgan fingerprint density at radius 1 is 1.27 bits per heavy atom. The van der Waals surface area contributed by atoms with E-state index in [-0.39, 0.29) is 13.0 Å². The Balaban J connectivity index is 2.45. The van der Waals surface area contributed by atoms with Crippen LogP contribution in [0.15, 0.2) is 30.3 Å². The molecule has 1 aromatic rings. The van der Waals surface area contributed by atoms with Crippen molar-refractivity contribution < 1.29 is 24.2 Å². The number of carboxylic acids is 1. The SMILES string of the molecule is COC(C)(C)CCC(NC(=O)OCc1ccccc1)C(=O)O. The number of rotatable bonds is 8. The normalized spacial score (nSPS) is 12.5. The van der Waals surface area contributed by atoms with E-state index in [0.29, 0.717) is 6.42 Å². The monoisotopic (exact) mass is 309 g/mol. The van der Waals surface area contributed by atoms with Crippen LogP contribution in [-0.2, 0) is 20.9 Å². The van der Waals surface area contributed by atoms with Gasteiger partial charge in [-0.2, -0.15) is 0 Å². The summed E-state index contributed by atoms with van der Waals surface area (Å²) in [4.78, 5) is 22.9. The summed E-state index contributed by atoms with van der Waals surface area (Å²) in [5.74, 6) is -1.09. The lowest BCUT2D eigenvalue weighted by Crippen LogP contribution is -2.42. The van der Waals surface area contributed by atoms with Gasteiger partial charge in [-0.05, 0) is 32.3 Å². The van der Waals surface area contributed by atoms with Crippen molar-refractivity contribution >= 4 is 12.1 Å². The molecule has 0 heterocycles. The van der Waals surface area contributed by atoms with E-state index in [1.807, 2.05) is 44.2 Å². The van der Waals surface area contributed by atoms with Crippen molar-refractivity contribution in [3.8, 4) is 0 Å². The third-order valence-electron chi connectivity index (χ3n) is 3.39. The molecule has 0 aliphatic carbocycles. The Labute approximate surface area is 130 Å². The molecule has 0 aliphatic heterocycles. The van der Waals surface area contributed by atoms with Crippen molar-refractivity contribution in [1.29, 1.82) is 0 Å². The Morgan fingerprint density at radius 3 is 2.45 bits per heavy atom. The smallest absolute Gasteiger partial charge is 0.408 e. The van der Waals surface area contributed by atoms with Crippen LogP contribution < -0.4 is 5.32 Å². The van der Waals surface area contributed by atoms with Gasteiger partial charge in [0.25, 0.3) is 0 Å². The molecule has 1 amide bonds. The number of carbonyl (C=O) groups excluding carboxylic acids is 1. The van der Waals surface area contributed by atoms with Gasteiger partial charge in [0.2, 0.25) is 0 Å². The van der Waals surface area contributed by atoms with Gasteiger partial charge < -0.3 is 19.9 Å². The van der Waals surface area contributed by atoms with Crippen molar-refractivity contribution in [2.24, 2.45) is 0 Å². The highest BCUT2D eigenvalue weighted by Gasteiger charge is 2.25. The number of ether oxygens (including phenoxy) is 2. The zero-order valence-electron chi connectivity index (χ0n) is 13.2. The molecule has 0 spiro atoms. The lowest BCUT2D eigenvalue weighted by molar-refractivity contribution is -0.139. The van der Waals surface area contributed by atoms with E-state index >= 15 is 0 Å². The molecule has 6 nitrogen and oxygen atoms in total. The number of carboxylic acid groups (broad SMARTS) is 1. The Kier molecular flexibility index (Phi) is 6.85. The van der Waals surface area contributed by atoms with E-state index in [2.05, 4.69) is 5.32 Å². The minimum atomic E-state index is -1.09. The van der Waals surface area contributed by atoms with Crippen LogP contribution in [0.3, 0.4) is 0 Å². The number of hydrogen-bond donors (Lipinski definition) is 2. The summed E-state index contributed by atoms with van der Waals surface area (Å²) in [5.41, 5.74) is 0.397. The zero-order chi connectivity index (χ0) is 16.6. The van der Waals surface area contributed by atoms with E-state index < -0.39 is 23.7 Å². The Morgan fingerprint density at radius 2 is 1.91 bits per heavy atom. The molecule has 0 bridgehead atoms. The number of nitrogens with one attached hydrogen (secondary N) is 1. The molecule has 1 aromatic carbocycles. The van der Waals surface area contributed by atoms with E-state index in [9.17, 15) is 9.59 Å². The Bertz CT molecular complexity index is 487. The highest BCUT2D eigenvalue weighted by atomic mass is 16.5. The standard InChI is InChI=1S/C16H23NO5/c1-16(2,21-3)10-9-13(14(18)19)17-15(20)22-11-12-7-5-4-6-8-12/h4-8,13H,9-11H2,1-3H3,(H,17,20)(H,18,19). The molecule has 0 aromatic heterocycles. The fourth-order valence-electron chi connectivity index (χ4n) is 1.76. The Hall–Kier alpha value is -2.08. The molecule has 1 rings (SSSR count). The van der Waals surface area contributed by atoms with Crippen LogP contribution in [0.4, 0.5) is 4.79 Å². The second-order valence-electron chi connectivity index (χ2n) is 5.60. The molecule has 0 aliphatic rings. The largest absolute Gasteiger partial charge is 0.480 e. The first-order valence-electron chi connectivity index (χ1n) is 7.09. The molecule has 2 N–H and O–H groups in total. The predicted molar refractivity (Wildman–Crippen MR) is 81.5 cm³/mol. The van der Waals surface area contributed by atoms with Crippen molar-refractivity contribution in [3.05, 3.63) is 35.9 Å². The van der Waals surface area contributed by atoms with Gasteiger partial charge in [0.1, 0.15) is 12.6 Å². The van der Waals surface area contributed by atoms with Crippen LogP contribution in [-0.4, -0.2) is 35.9 Å². The number of methoxy groups -OCH3 is 1. The fourth-order valence-corrected chi connectivity index (χ4v) is 1.76. The lowest BCUT2D eigenvalue weighted by atomic mass is 9.99. The third kappa shape index (κ3) is 6.58. The van der Waals surface area contributed by atoms with Crippen LogP contribution in [0.2, 0.25) is 0 Å². The maximum atomic E-state index is 11.7. The van der Waals surface area contributed by atoms with Crippen molar-refractivity contribution in [2.45, 2.75) is 44.9 Å². The first kappa shape index (κ1) is 18.0. The van der Waals surface area contributed by atoms with Gasteiger partial charge in [-0.3, -0.25) is 0 Å². The molecular formula is C16H23NO5. The minimum Gasteiger partial charge on any atom is -0.480 e. The maximum absolute atomic E-state index is 11.7. The van der Waals surface area contributed by atoms with Gasteiger partial charge >= 0.3 is 12.1 Å². The average Bonchev–Trinajstić information content (AvgIpc) is 2.50. The van der Waals surface area contributed by atoms with Crippen molar-refractivity contribution in [2.75, 3.05) is 7.11 Å². The molecule has 122 valence electrons. The van der Waals surface area contributed by atoms with Crippen LogP contribution in [0, 0.1) is 0 Å². The van der Waals surface area contributed by atoms with Gasteiger partial charge in [0, 0.05) is 7.11 Å². The molecule has 0 saturated carbocycles. The summed E-state index contributed by atoms with van der Waals surface area (Å²) in [6.07, 6.45) is 0.0160. The van der Waals surface area contributed by atoms with Crippen LogP contribution in [0.25, 0.3) is 0 Å². The predicted octanol–water partition coefficient (Wildman–Crippen LogP) is 2.57. The van der Waals surface area contributed by atoms with E-state index in [1.165, 1.54) is 0 Å². The first-order valence-corrected chi connectivity index (χ1v) is 7.09. The van der Waals surface area contributed by atoms with Crippen molar-refractivity contribution in [3.63, 3.8) is 0 Å². The molecular weight excluding hydrogens is 286 g/mol. The number of aliphatic carboxylic acids is 1. The lowest BCUT2D eigenvalue weighted by Gasteiger charge is -2.24. The number of alkyl carbamates (subject to hydrolysis) is 1. The van der Waals surface area contributed by atoms with Gasteiger partial charge in [-0.1, -0.05) is 30.3 Å². The summed E-state index contributed by atoms with van der Waals surface area (Å²) in [6, 6.07) is 8.18. The maximum Gasteiger partial charge on any atom is 0.408 e. The zero-order valence-corrected chi connectivity index (χ0v) is 13.2. The number of hydrogen-bond acceptors (Lipinski definition) is 4.